The van der Waals surface area contributed by atoms with Gasteiger partial charge in [-0.05, 0) is 26.9 Å². The van der Waals surface area contributed by atoms with Crippen molar-refractivity contribution in [2.24, 2.45) is 0 Å². The lowest BCUT2D eigenvalue weighted by Crippen LogP contribution is -2.35. The molecule has 4 heteroatoms. The molecule has 0 fully saturated rings. The molecule has 0 saturated heterocycles. The van der Waals surface area contributed by atoms with E-state index in [1.54, 1.807) is 12.4 Å². The topological polar surface area (TPSA) is 41.0 Å². The minimum Gasteiger partial charge on any atom is -0.365 e. The van der Waals surface area contributed by atoms with Crippen LogP contribution in [0.15, 0.2) is 12.4 Å². The van der Waals surface area contributed by atoms with Crippen LogP contribution >= 0.6 is 0 Å². The van der Waals surface area contributed by atoms with Crippen molar-refractivity contribution in [3.05, 3.63) is 18.1 Å². The van der Waals surface area contributed by atoms with E-state index < -0.39 is 0 Å². The van der Waals surface area contributed by atoms with E-state index in [0.717, 1.165) is 31.1 Å². The summed E-state index contributed by atoms with van der Waals surface area (Å²) in [5, 5.41) is 3.39. The standard InChI is InChI=1S/C12H22N4/c1-5-16(6-2)9-10(3)15-12-11(4)13-7-8-14-12/h7-8,10H,5-6,9H2,1-4H3,(H,14,15). The first kappa shape index (κ1) is 12.9. The number of hydrogen-bond acceptors (Lipinski definition) is 4. The predicted molar refractivity (Wildman–Crippen MR) is 67.6 cm³/mol. The molecular formula is C12H22N4. The van der Waals surface area contributed by atoms with E-state index in [2.05, 4.69) is 41.0 Å². The monoisotopic (exact) mass is 222 g/mol. The number of likely N-dealkylation sites (N-methyl/N-ethyl adjacent to an activating group) is 1. The molecule has 16 heavy (non-hydrogen) atoms. The Labute approximate surface area is 98.1 Å². The van der Waals surface area contributed by atoms with Crippen LogP contribution in [0, 0.1) is 6.92 Å². The van der Waals surface area contributed by atoms with E-state index in [9.17, 15) is 0 Å². The maximum absolute atomic E-state index is 4.29. The van der Waals surface area contributed by atoms with Gasteiger partial charge in [0.1, 0.15) is 5.82 Å². The van der Waals surface area contributed by atoms with Gasteiger partial charge in [-0.15, -0.1) is 0 Å². The number of nitrogens with zero attached hydrogens (tertiary/aromatic N) is 3. The molecule has 0 saturated carbocycles. The van der Waals surface area contributed by atoms with Crippen LogP contribution in [0.3, 0.4) is 0 Å². The molecular weight excluding hydrogens is 200 g/mol. The fourth-order valence-corrected chi connectivity index (χ4v) is 1.70. The summed E-state index contributed by atoms with van der Waals surface area (Å²) in [5.41, 5.74) is 0.953. The molecule has 0 radical (unpaired) electrons. The molecule has 1 rings (SSSR count). The zero-order valence-electron chi connectivity index (χ0n) is 10.7. The maximum Gasteiger partial charge on any atom is 0.147 e. The minimum absolute atomic E-state index is 0.385. The minimum atomic E-state index is 0.385. The fourth-order valence-electron chi connectivity index (χ4n) is 1.70. The van der Waals surface area contributed by atoms with Crippen molar-refractivity contribution < 1.29 is 0 Å². The third kappa shape index (κ3) is 3.77. The number of hydrogen-bond donors (Lipinski definition) is 1. The largest absolute Gasteiger partial charge is 0.365 e. The molecule has 1 atom stereocenters. The average molecular weight is 222 g/mol. The van der Waals surface area contributed by atoms with Gasteiger partial charge in [-0.2, -0.15) is 0 Å². The molecule has 0 aliphatic rings. The van der Waals surface area contributed by atoms with Crippen LogP contribution in [0.2, 0.25) is 0 Å². The van der Waals surface area contributed by atoms with Crippen molar-refractivity contribution >= 4 is 5.82 Å². The molecule has 0 aliphatic heterocycles. The first-order chi connectivity index (χ1) is 7.67. The molecule has 1 aromatic heterocycles. The first-order valence-electron chi connectivity index (χ1n) is 5.93. The first-order valence-corrected chi connectivity index (χ1v) is 5.93. The van der Waals surface area contributed by atoms with Gasteiger partial charge in [0.15, 0.2) is 0 Å². The lowest BCUT2D eigenvalue weighted by atomic mass is 10.3. The summed E-state index contributed by atoms with van der Waals surface area (Å²) in [6.07, 6.45) is 3.44. The molecule has 0 spiro atoms. The van der Waals surface area contributed by atoms with Crippen molar-refractivity contribution in [1.82, 2.24) is 14.9 Å². The molecule has 0 aromatic carbocycles. The summed E-state index contributed by atoms with van der Waals surface area (Å²) in [6, 6.07) is 0.385. The van der Waals surface area contributed by atoms with Gasteiger partial charge in [0.2, 0.25) is 0 Å². The van der Waals surface area contributed by atoms with Crippen LogP contribution in [0.1, 0.15) is 26.5 Å². The molecule has 1 heterocycles. The lowest BCUT2D eigenvalue weighted by molar-refractivity contribution is 0.294. The van der Waals surface area contributed by atoms with Gasteiger partial charge >= 0.3 is 0 Å². The Kier molecular flexibility index (Phi) is 5.19. The van der Waals surface area contributed by atoms with Crippen molar-refractivity contribution in [3.8, 4) is 0 Å². The van der Waals surface area contributed by atoms with Crippen LogP contribution in [-0.4, -0.2) is 40.5 Å². The highest BCUT2D eigenvalue weighted by Crippen LogP contribution is 2.08. The Balaban J connectivity index is 2.51. The third-order valence-electron chi connectivity index (χ3n) is 2.69. The van der Waals surface area contributed by atoms with Crippen LogP contribution < -0.4 is 5.32 Å². The van der Waals surface area contributed by atoms with Crippen molar-refractivity contribution in [2.45, 2.75) is 33.7 Å². The van der Waals surface area contributed by atoms with Crippen LogP contribution in [-0.2, 0) is 0 Å². The highest BCUT2D eigenvalue weighted by atomic mass is 15.2. The van der Waals surface area contributed by atoms with Crippen molar-refractivity contribution in [1.29, 1.82) is 0 Å². The summed E-state index contributed by atoms with van der Waals surface area (Å²) < 4.78 is 0. The second kappa shape index (κ2) is 6.43. The zero-order valence-corrected chi connectivity index (χ0v) is 10.7. The van der Waals surface area contributed by atoms with Crippen molar-refractivity contribution in [3.63, 3.8) is 0 Å². The van der Waals surface area contributed by atoms with Crippen LogP contribution in [0.5, 0.6) is 0 Å². The highest BCUT2D eigenvalue weighted by Gasteiger charge is 2.08. The molecule has 1 N–H and O–H groups in total. The number of anilines is 1. The van der Waals surface area contributed by atoms with Gasteiger partial charge in [-0.3, -0.25) is 4.98 Å². The number of aryl methyl sites for hydroxylation is 1. The molecule has 0 amide bonds. The summed E-state index contributed by atoms with van der Waals surface area (Å²) >= 11 is 0. The van der Waals surface area contributed by atoms with E-state index in [1.165, 1.54) is 0 Å². The smallest absolute Gasteiger partial charge is 0.147 e. The Morgan fingerprint density at radius 2 is 1.88 bits per heavy atom. The molecule has 0 bridgehead atoms. The van der Waals surface area contributed by atoms with Gasteiger partial charge in [0.05, 0.1) is 5.69 Å². The third-order valence-corrected chi connectivity index (χ3v) is 2.69. The van der Waals surface area contributed by atoms with Crippen LogP contribution in [0.4, 0.5) is 5.82 Å². The Morgan fingerprint density at radius 1 is 1.25 bits per heavy atom. The Hall–Kier alpha value is -1.16. The molecule has 0 aliphatic carbocycles. The normalized spacial score (nSPS) is 12.8. The van der Waals surface area contributed by atoms with Crippen LogP contribution in [0.25, 0.3) is 0 Å². The molecule has 1 unspecified atom stereocenters. The van der Waals surface area contributed by atoms with E-state index in [4.69, 9.17) is 0 Å². The quantitative estimate of drug-likeness (QED) is 0.798. The van der Waals surface area contributed by atoms with E-state index >= 15 is 0 Å². The molecule has 1 aromatic rings. The van der Waals surface area contributed by atoms with Gasteiger partial charge < -0.3 is 10.2 Å². The van der Waals surface area contributed by atoms with E-state index in [0.29, 0.717) is 6.04 Å². The molecule has 4 nitrogen and oxygen atoms in total. The van der Waals surface area contributed by atoms with Gasteiger partial charge in [0.25, 0.3) is 0 Å². The summed E-state index contributed by atoms with van der Waals surface area (Å²) in [5.74, 6) is 0.891. The summed E-state index contributed by atoms with van der Waals surface area (Å²) in [4.78, 5) is 10.9. The van der Waals surface area contributed by atoms with E-state index in [1.807, 2.05) is 6.92 Å². The zero-order chi connectivity index (χ0) is 12.0. The number of aromatic nitrogens is 2. The van der Waals surface area contributed by atoms with Gasteiger partial charge in [-0.25, -0.2) is 4.98 Å². The summed E-state index contributed by atoms with van der Waals surface area (Å²) in [6.45, 7) is 11.7. The Morgan fingerprint density at radius 3 is 2.44 bits per heavy atom. The lowest BCUT2D eigenvalue weighted by Gasteiger charge is -2.24. The number of nitrogens with one attached hydrogen (secondary N) is 1. The van der Waals surface area contributed by atoms with Gasteiger partial charge in [0, 0.05) is 25.0 Å². The average Bonchev–Trinajstić information content (AvgIpc) is 2.29. The second-order valence-corrected chi connectivity index (χ2v) is 4.02. The Bertz CT molecular complexity index is 310. The van der Waals surface area contributed by atoms with Gasteiger partial charge in [-0.1, -0.05) is 13.8 Å². The molecule has 90 valence electrons. The summed E-state index contributed by atoms with van der Waals surface area (Å²) in [7, 11) is 0. The second-order valence-electron chi connectivity index (χ2n) is 4.02. The predicted octanol–water partition coefficient (Wildman–Crippen LogP) is 1.93. The van der Waals surface area contributed by atoms with E-state index in [-0.39, 0.29) is 0 Å². The SMILES string of the molecule is CCN(CC)CC(C)Nc1nccnc1C. The maximum atomic E-state index is 4.29. The van der Waals surface area contributed by atoms with Crippen molar-refractivity contribution in [2.75, 3.05) is 25.0 Å². The fraction of sp³-hybridized carbons (Fsp3) is 0.667. The highest BCUT2D eigenvalue weighted by molar-refractivity contribution is 5.39. The number of rotatable bonds is 6.